The number of unbranched alkanes of at least 4 members (excludes halogenated alkanes) is 30. The number of allylic oxidation sites excluding steroid dienone is 9. The topological polar surface area (TPSA) is 108 Å². The molecule has 0 aliphatic carbocycles. The molecule has 0 aliphatic rings. The number of aliphatic hydroxyl groups is 1. The first-order chi connectivity index (χ1) is 32.5. The lowest BCUT2D eigenvalue weighted by molar-refractivity contribution is -0.870. The largest absolute Gasteiger partial charge is 0.756 e. The van der Waals surface area contributed by atoms with Crippen molar-refractivity contribution < 1.29 is 32.9 Å². The quantitative estimate of drug-likeness (QED) is 0.0272. The number of hydrogen-bond donors (Lipinski definition) is 2. The Morgan fingerprint density at radius 3 is 1.30 bits per heavy atom. The molecule has 0 saturated carbocycles. The number of quaternary nitrogens is 1. The van der Waals surface area contributed by atoms with E-state index in [0.717, 1.165) is 51.4 Å². The van der Waals surface area contributed by atoms with Gasteiger partial charge in [0.25, 0.3) is 7.82 Å². The van der Waals surface area contributed by atoms with Crippen molar-refractivity contribution in [3.05, 3.63) is 60.8 Å². The predicted molar refractivity (Wildman–Crippen MR) is 288 cm³/mol. The third-order valence-electron chi connectivity index (χ3n) is 12.4. The van der Waals surface area contributed by atoms with E-state index in [1.54, 1.807) is 6.08 Å². The maximum atomic E-state index is 13.0. The first kappa shape index (κ1) is 65.2. The van der Waals surface area contributed by atoms with Crippen molar-refractivity contribution in [1.29, 1.82) is 0 Å². The number of likely N-dealkylation sites (N-methyl/N-ethyl adjacent to an activating group) is 1. The third kappa shape index (κ3) is 51.9. The van der Waals surface area contributed by atoms with Crippen LogP contribution in [0.4, 0.5) is 0 Å². The average molecular weight is 961 g/mol. The van der Waals surface area contributed by atoms with Crippen molar-refractivity contribution in [3.8, 4) is 0 Å². The molecule has 0 fully saturated rings. The molecule has 0 aliphatic heterocycles. The summed E-state index contributed by atoms with van der Waals surface area (Å²) in [5.41, 5.74) is 0. The summed E-state index contributed by atoms with van der Waals surface area (Å²) >= 11 is 0. The second-order valence-corrected chi connectivity index (χ2v) is 21.7. The van der Waals surface area contributed by atoms with Crippen LogP contribution < -0.4 is 10.2 Å². The molecule has 3 unspecified atom stereocenters. The summed E-state index contributed by atoms with van der Waals surface area (Å²) in [5, 5.41) is 13.9. The second kappa shape index (κ2) is 49.2. The molecule has 0 aromatic heterocycles. The van der Waals surface area contributed by atoms with Crippen LogP contribution in [0.5, 0.6) is 0 Å². The summed E-state index contributed by atoms with van der Waals surface area (Å²) in [6.45, 7) is 4.62. The fraction of sp³-hybridized carbons (Fsp3) is 0.810. The lowest BCUT2D eigenvalue weighted by atomic mass is 10.0. The van der Waals surface area contributed by atoms with Crippen LogP contribution in [0, 0.1) is 0 Å². The van der Waals surface area contributed by atoms with E-state index in [4.69, 9.17) is 9.05 Å². The van der Waals surface area contributed by atoms with E-state index < -0.39 is 26.6 Å². The van der Waals surface area contributed by atoms with E-state index in [-0.39, 0.29) is 12.5 Å². The molecule has 0 radical (unpaired) electrons. The number of aliphatic hydroxyl groups excluding tert-OH is 1. The number of carbonyl (C=O) groups is 1. The zero-order valence-electron chi connectivity index (χ0n) is 44.6. The average Bonchev–Trinajstić information content (AvgIpc) is 3.29. The van der Waals surface area contributed by atoms with Crippen molar-refractivity contribution >= 4 is 13.7 Å². The summed E-state index contributed by atoms with van der Waals surface area (Å²) in [6.07, 6.45) is 65.8. The molecule has 0 spiro atoms. The lowest BCUT2D eigenvalue weighted by Crippen LogP contribution is -2.45. The molecule has 0 rings (SSSR count). The van der Waals surface area contributed by atoms with Gasteiger partial charge in [-0.2, -0.15) is 0 Å². The highest BCUT2D eigenvalue weighted by atomic mass is 31.2. The minimum absolute atomic E-state index is 0.0109. The summed E-state index contributed by atoms with van der Waals surface area (Å²) in [4.78, 5) is 25.5. The van der Waals surface area contributed by atoms with Gasteiger partial charge in [-0.15, -0.1) is 0 Å². The number of phosphoric ester groups is 1. The van der Waals surface area contributed by atoms with E-state index in [9.17, 15) is 19.4 Å². The first-order valence-electron chi connectivity index (χ1n) is 28.2. The summed E-state index contributed by atoms with van der Waals surface area (Å²) in [7, 11) is 1.23. The molecule has 0 bridgehead atoms. The fourth-order valence-corrected chi connectivity index (χ4v) is 8.70. The van der Waals surface area contributed by atoms with Crippen LogP contribution in [-0.2, 0) is 18.4 Å². The second-order valence-electron chi connectivity index (χ2n) is 20.3. The normalized spacial score (nSPS) is 14.4. The van der Waals surface area contributed by atoms with Gasteiger partial charge in [-0.1, -0.05) is 229 Å². The maximum Gasteiger partial charge on any atom is 0.268 e. The number of carbonyl (C=O) groups excluding carboxylic acids is 1. The minimum atomic E-state index is -4.61. The van der Waals surface area contributed by atoms with Gasteiger partial charge < -0.3 is 28.8 Å². The molecule has 0 aromatic rings. The predicted octanol–water partition coefficient (Wildman–Crippen LogP) is 16.3. The Bertz CT molecular complexity index is 1270. The molecule has 1 amide bonds. The number of nitrogens with zero attached hydrogens (tertiary/aromatic N) is 1. The van der Waals surface area contributed by atoms with Crippen molar-refractivity contribution in [2.24, 2.45) is 0 Å². The van der Waals surface area contributed by atoms with E-state index in [1.807, 2.05) is 27.2 Å². The number of hydrogen-bond acceptors (Lipinski definition) is 6. The molecule has 2 N–H and O–H groups in total. The van der Waals surface area contributed by atoms with Crippen molar-refractivity contribution in [1.82, 2.24) is 5.32 Å². The molecule has 9 heteroatoms. The Balaban J connectivity index is 4.32. The molecule has 392 valence electrons. The number of phosphoric acid groups is 1. The van der Waals surface area contributed by atoms with Gasteiger partial charge in [0.2, 0.25) is 5.91 Å². The number of amides is 1. The Kier molecular flexibility index (Phi) is 47.9. The molecule has 0 saturated heterocycles. The molecule has 0 aromatic carbocycles. The Hall–Kier alpha value is -1.80. The summed E-state index contributed by atoms with van der Waals surface area (Å²) < 4.78 is 23.3. The van der Waals surface area contributed by atoms with Crippen molar-refractivity contribution in [2.45, 2.75) is 264 Å². The van der Waals surface area contributed by atoms with Gasteiger partial charge in [-0.25, -0.2) is 0 Å². The molecule has 3 atom stereocenters. The van der Waals surface area contributed by atoms with Gasteiger partial charge in [0.15, 0.2) is 0 Å². The summed E-state index contributed by atoms with van der Waals surface area (Å²) in [5.74, 6) is -0.213. The van der Waals surface area contributed by atoms with Crippen LogP contribution >= 0.6 is 7.82 Å². The summed E-state index contributed by atoms with van der Waals surface area (Å²) in [6, 6.07) is -0.913. The van der Waals surface area contributed by atoms with E-state index in [1.165, 1.54) is 180 Å². The van der Waals surface area contributed by atoms with Crippen molar-refractivity contribution in [3.63, 3.8) is 0 Å². The zero-order chi connectivity index (χ0) is 49.2. The maximum absolute atomic E-state index is 13.0. The minimum Gasteiger partial charge on any atom is -0.756 e. The van der Waals surface area contributed by atoms with E-state index in [0.29, 0.717) is 17.4 Å². The Labute approximate surface area is 415 Å². The third-order valence-corrected chi connectivity index (χ3v) is 13.4. The first-order valence-corrected chi connectivity index (χ1v) is 29.6. The van der Waals surface area contributed by atoms with Gasteiger partial charge in [0.05, 0.1) is 39.9 Å². The van der Waals surface area contributed by atoms with Crippen LogP contribution in [-0.4, -0.2) is 68.5 Å². The number of nitrogens with one attached hydrogen (secondary N) is 1. The van der Waals surface area contributed by atoms with Gasteiger partial charge in [0.1, 0.15) is 13.2 Å². The van der Waals surface area contributed by atoms with E-state index >= 15 is 0 Å². The SMILES string of the molecule is CCCCCCC/C=C\C/C=C\CCCCCCCCCCCCCC(=O)NC(COP(=O)([O-])OCC[N+](C)(C)C)C(O)/C=C/CC/C=C/CC/C=C/CCCCCCCCCCCCCC. The Morgan fingerprint density at radius 1 is 0.522 bits per heavy atom. The van der Waals surface area contributed by atoms with Crippen molar-refractivity contribution in [2.75, 3.05) is 40.9 Å². The van der Waals surface area contributed by atoms with Crippen LogP contribution in [0.15, 0.2) is 60.8 Å². The number of rotatable bonds is 51. The highest BCUT2D eigenvalue weighted by Crippen LogP contribution is 2.38. The smallest absolute Gasteiger partial charge is 0.268 e. The van der Waals surface area contributed by atoms with Gasteiger partial charge in [0, 0.05) is 6.42 Å². The van der Waals surface area contributed by atoms with Crippen LogP contribution in [0.3, 0.4) is 0 Å². The molecule has 8 nitrogen and oxygen atoms in total. The van der Waals surface area contributed by atoms with Gasteiger partial charge in [-0.05, 0) is 77.0 Å². The molecule has 0 heterocycles. The highest BCUT2D eigenvalue weighted by Gasteiger charge is 2.23. The molecular weight excluding hydrogens is 852 g/mol. The molecule has 67 heavy (non-hydrogen) atoms. The van der Waals surface area contributed by atoms with Crippen LogP contribution in [0.25, 0.3) is 0 Å². The zero-order valence-corrected chi connectivity index (χ0v) is 45.5. The van der Waals surface area contributed by atoms with Crippen LogP contribution in [0.2, 0.25) is 0 Å². The monoisotopic (exact) mass is 961 g/mol. The van der Waals surface area contributed by atoms with Crippen LogP contribution in [0.1, 0.15) is 251 Å². The standard InChI is InChI=1S/C58H109N2O6P/c1-6-8-10-12-14-16-18-20-22-24-26-28-30-32-34-36-38-40-42-44-46-48-50-52-58(62)59-56(55-66-67(63,64)65-54-53-60(3,4)5)57(61)51-49-47-45-43-41-39-37-35-33-31-29-27-25-23-21-19-17-15-13-11-9-7-2/h18,20,24,26,33,35,41,43,49,51,56-57,61H,6-17,19,21-23,25,27-32,34,36-40,42,44-48,50,52-55H2,1-5H3,(H-,59,62,63,64)/b20-18-,26-24-,35-33+,43-41+,51-49+. The lowest BCUT2D eigenvalue weighted by Gasteiger charge is -2.29. The molecular formula is C58H109N2O6P. The fourth-order valence-electron chi connectivity index (χ4n) is 7.98. The highest BCUT2D eigenvalue weighted by molar-refractivity contribution is 7.45. The Morgan fingerprint density at radius 2 is 0.881 bits per heavy atom. The van der Waals surface area contributed by atoms with Gasteiger partial charge in [-0.3, -0.25) is 9.36 Å². The van der Waals surface area contributed by atoms with Gasteiger partial charge >= 0.3 is 0 Å². The van der Waals surface area contributed by atoms with E-state index in [2.05, 4.69) is 67.8 Å².